The first-order chi connectivity index (χ1) is 14.0. The van der Waals surface area contributed by atoms with Crippen molar-refractivity contribution in [2.45, 2.75) is 38.0 Å². The van der Waals surface area contributed by atoms with Gasteiger partial charge in [-0.05, 0) is 31.0 Å². The highest BCUT2D eigenvalue weighted by Crippen LogP contribution is 2.33. The van der Waals surface area contributed by atoms with Gasteiger partial charge in [-0.25, -0.2) is 4.98 Å². The van der Waals surface area contributed by atoms with Crippen LogP contribution in [0.4, 0.5) is 19.0 Å². The average Bonchev–Trinajstić information content (AvgIpc) is 2.98. The Morgan fingerprint density at radius 2 is 1.83 bits per heavy atom. The maximum Gasteiger partial charge on any atom is 0.417 e. The van der Waals surface area contributed by atoms with Crippen LogP contribution in [0, 0.1) is 0 Å². The standard InChI is InChI=1S/C21H24F3N3O2.ClH/c22-21(23,24)16-5-6-19(26-14-16)27-9-7-17(8-10-27)25-13-15-3-1-4-18-20(15)29-12-2-11-28-18;/h1,3-6,14,17,25H,2,7-13H2;1H. The Bertz CT molecular complexity index is 825. The minimum absolute atomic E-state index is 0. The molecule has 30 heavy (non-hydrogen) atoms. The van der Waals surface area contributed by atoms with Gasteiger partial charge in [0.25, 0.3) is 0 Å². The molecule has 5 nitrogen and oxygen atoms in total. The van der Waals surface area contributed by atoms with Crippen molar-refractivity contribution in [1.29, 1.82) is 0 Å². The molecule has 0 saturated carbocycles. The molecule has 0 radical (unpaired) electrons. The minimum atomic E-state index is -4.35. The van der Waals surface area contributed by atoms with Gasteiger partial charge >= 0.3 is 6.18 Å². The number of fused-ring (bicyclic) bond motifs is 1. The predicted octanol–water partition coefficient (Wildman–Crippen LogP) is 4.44. The van der Waals surface area contributed by atoms with E-state index in [9.17, 15) is 13.2 Å². The summed E-state index contributed by atoms with van der Waals surface area (Å²) in [6.07, 6.45) is -0.780. The van der Waals surface area contributed by atoms with Gasteiger partial charge in [0.2, 0.25) is 0 Å². The third-order valence-electron chi connectivity index (χ3n) is 5.33. The molecule has 4 rings (SSSR count). The Morgan fingerprint density at radius 3 is 2.53 bits per heavy atom. The van der Waals surface area contributed by atoms with Crippen molar-refractivity contribution in [2.75, 3.05) is 31.2 Å². The van der Waals surface area contributed by atoms with Gasteiger partial charge in [-0.3, -0.25) is 0 Å². The van der Waals surface area contributed by atoms with E-state index < -0.39 is 11.7 Å². The highest BCUT2D eigenvalue weighted by Gasteiger charge is 2.31. The van der Waals surface area contributed by atoms with E-state index in [1.54, 1.807) is 0 Å². The summed E-state index contributed by atoms with van der Waals surface area (Å²) in [6, 6.07) is 8.83. The zero-order valence-corrected chi connectivity index (χ0v) is 17.3. The highest BCUT2D eigenvalue weighted by atomic mass is 35.5. The molecule has 1 fully saturated rings. The zero-order valence-electron chi connectivity index (χ0n) is 16.5. The van der Waals surface area contributed by atoms with Crippen LogP contribution in [0.15, 0.2) is 36.5 Å². The number of anilines is 1. The molecule has 0 unspecified atom stereocenters. The number of halogens is 4. The number of alkyl halides is 3. The molecule has 2 aliphatic rings. The van der Waals surface area contributed by atoms with Gasteiger partial charge < -0.3 is 19.7 Å². The van der Waals surface area contributed by atoms with Crippen LogP contribution in [0.3, 0.4) is 0 Å². The summed E-state index contributed by atoms with van der Waals surface area (Å²) in [6.45, 7) is 3.52. The summed E-state index contributed by atoms with van der Waals surface area (Å²) >= 11 is 0. The molecular formula is C21H25ClF3N3O2. The maximum atomic E-state index is 12.7. The molecule has 1 N–H and O–H groups in total. The number of aromatic nitrogens is 1. The average molecular weight is 444 g/mol. The molecule has 1 saturated heterocycles. The largest absolute Gasteiger partial charge is 0.490 e. The Labute approximate surface area is 180 Å². The second-order valence-corrected chi connectivity index (χ2v) is 7.34. The fraction of sp³-hybridized carbons (Fsp3) is 0.476. The lowest BCUT2D eigenvalue weighted by Crippen LogP contribution is -2.42. The number of hydrogen-bond acceptors (Lipinski definition) is 5. The van der Waals surface area contributed by atoms with Gasteiger partial charge in [-0.15, -0.1) is 12.4 Å². The van der Waals surface area contributed by atoms with E-state index in [2.05, 4.69) is 10.3 Å². The molecule has 3 heterocycles. The van der Waals surface area contributed by atoms with Gasteiger partial charge in [0.15, 0.2) is 11.5 Å². The number of rotatable bonds is 4. The van der Waals surface area contributed by atoms with Crippen molar-refractivity contribution in [3.63, 3.8) is 0 Å². The second kappa shape index (κ2) is 9.75. The van der Waals surface area contributed by atoms with Crippen molar-refractivity contribution in [3.8, 4) is 11.5 Å². The second-order valence-electron chi connectivity index (χ2n) is 7.34. The monoisotopic (exact) mass is 443 g/mol. The molecule has 2 aromatic rings. The van der Waals surface area contributed by atoms with Gasteiger partial charge in [-0.1, -0.05) is 12.1 Å². The number of benzene rings is 1. The molecule has 2 aliphatic heterocycles. The molecule has 1 aromatic carbocycles. The Morgan fingerprint density at radius 1 is 1.07 bits per heavy atom. The van der Waals surface area contributed by atoms with Crippen LogP contribution < -0.4 is 19.7 Å². The van der Waals surface area contributed by atoms with E-state index >= 15 is 0 Å². The number of nitrogens with zero attached hydrogens (tertiary/aromatic N) is 2. The van der Waals surface area contributed by atoms with Crippen molar-refractivity contribution in [3.05, 3.63) is 47.7 Å². The lowest BCUT2D eigenvalue weighted by atomic mass is 10.0. The lowest BCUT2D eigenvalue weighted by Gasteiger charge is -2.33. The zero-order chi connectivity index (χ0) is 20.3. The summed E-state index contributed by atoms with van der Waals surface area (Å²) in [7, 11) is 0. The molecule has 9 heteroatoms. The summed E-state index contributed by atoms with van der Waals surface area (Å²) in [5.41, 5.74) is 0.363. The predicted molar refractivity (Wildman–Crippen MR) is 111 cm³/mol. The summed E-state index contributed by atoms with van der Waals surface area (Å²) < 4.78 is 49.7. The van der Waals surface area contributed by atoms with Crippen LogP contribution in [0.5, 0.6) is 11.5 Å². The molecule has 0 amide bonds. The van der Waals surface area contributed by atoms with E-state index in [0.717, 1.165) is 61.7 Å². The minimum Gasteiger partial charge on any atom is -0.490 e. The number of hydrogen-bond donors (Lipinski definition) is 1. The number of para-hydroxylation sites is 1. The van der Waals surface area contributed by atoms with Crippen molar-refractivity contribution < 1.29 is 22.6 Å². The quantitative estimate of drug-likeness (QED) is 0.756. The summed E-state index contributed by atoms with van der Waals surface area (Å²) in [5, 5.41) is 3.58. The first-order valence-corrected chi connectivity index (χ1v) is 9.90. The Hall–Kier alpha value is -2.19. The van der Waals surface area contributed by atoms with Gasteiger partial charge in [0.1, 0.15) is 5.82 Å². The van der Waals surface area contributed by atoms with Crippen molar-refractivity contribution in [2.24, 2.45) is 0 Å². The van der Waals surface area contributed by atoms with E-state index in [0.29, 0.717) is 31.6 Å². The Kier molecular flexibility index (Phi) is 7.31. The fourth-order valence-corrected chi connectivity index (χ4v) is 3.70. The first kappa shape index (κ1) is 22.5. The van der Waals surface area contributed by atoms with Crippen molar-refractivity contribution >= 4 is 18.2 Å². The van der Waals surface area contributed by atoms with Gasteiger partial charge in [0, 0.05) is 43.9 Å². The SMILES string of the molecule is Cl.FC(F)(F)c1ccc(N2CCC(NCc3cccc4c3OCCCO4)CC2)nc1. The molecular weight excluding hydrogens is 419 g/mol. The molecule has 0 spiro atoms. The van der Waals surface area contributed by atoms with Crippen LogP contribution in [0.2, 0.25) is 0 Å². The Balaban J connectivity index is 0.00000256. The van der Waals surface area contributed by atoms with Crippen LogP contribution in [0.25, 0.3) is 0 Å². The number of nitrogens with one attached hydrogen (secondary N) is 1. The van der Waals surface area contributed by atoms with E-state index in [1.807, 2.05) is 23.1 Å². The maximum absolute atomic E-state index is 12.7. The third-order valence-corrected chi connectivity index (χ3v) is 5.33. The van der Waals surface area contributed by atoms with Crippen LogP contribution >= 0.6 is 12.4 Å². The summed E-state index contributed by atoms with van der Waals surface area (Å²) in [5.74, 6) is 2.21. The number of ether oxygens (including phenoxy) is 2. The smallest absolute Gasteiger partial charge is 0.417 e. The molecule has 1 aromatic heterocycles. The lowest BCUT2D eigenvalue weighted by molar-refractivity contribution is -0.137. The van der Waals surface area contributed by atoms with E-state index in [-0.39, 0.29) is 12.4 Å². The fourth-order valence-electron chi connectivity index (χ4n) is 3.70. The third kappa shape index (κ3) is 5.29. The van der Waals surface area contributed by atoms with Crippen LogP contribution in [-0.4, -0.2) is 37.3 Å². The topological polar surface area (TPSA) is 46.6 Å². The molecule has 164 valence electrons. The molecule has 0 aliphatic carbocycles. The highest BCUT2D eigenvalue weighted by molar-refractivity contribution is 5.85. The number of piperidine rings is 1. The number of pyridine rings is 1. The van der Waals surface area contributed by atoms with Crippen molar-refractivity contribution in [1.82, 2.24) is 10.3 Å². The van der Waals surface area contributed by atoms with E-state index in [1.165, 1.54) is 6.07 Å². The van der Waals surface area contributed by atoms with Gasteiger partial charge in [-0.2, -0.15) is 13.2 Å². The molecule has 0 atom stereocenters. The van der Waals surface area contributed by atoms with Crippen LogP contribution in [0.1, 0.15) is 30.4 Å². The normalized spacial score (nSPS) is 17.2. The van der Waals surface area contributed by atoms with Gasteiger partial charge in [0.05, 0.1) is 18.8 Å². The first-order valence-electron chi connectivity index (χ1n) is 9.90. The van der Waals surface area contributed by atoms with Crippen LogP contribution in [-0.2, 0) is 12.7 Å². The summed E-state index contributed by atoms with van der Waals surface area (Å²) in [4.78, 5) is 6.03. The van der Waals surface area contributed by atoms with E-state index in [4.69, 9.17) is 9.47 Å². The molecule has 0 bridgehead atoms.